The quantitative estimate of drug-likeness (QED) is 0.634. The van der Waals surface area contributed by atoms with Crippen molar-refractivity contribution in [2.45, 2.75) is 6.61 Å². The standard InChI is InChI=1S/C17H12ClNO/c18-11-3-5-16-4-1-2-6-17(16)20-13-15-9-7-14(12-19)8-10-15/h1-2,4,6-10H,11,13H2. The summed E-state index contributed by atoms with van der Waals surface area (Å²) in [4.78, 5) is 0. The molecule has 0 saturated heterocycles. The van der Waals surface area contributed by atoms with Gasteiger partial charge in [0.15, 0.2) is 0 Å². The van der Waals surface area contributed by atoms with Gasteiger partial charge in [0.2, 0.25) is 0 Å². The van der Waals surface area contributed by atoms with Crippen LogP contribution in [0.3, 0.4) is 0 Å². The van der Waals surface area contributed by atoms with Crippen molar-refractivity contribution in [2.75, 3.05) is 5.88 Å². The highest BCUT2D eigenvalue weighted by atomic mass is 35.5. The summed E-state index contributed by atoms with van der Waals surface area (Å²) in [5.74, 6) is 6.81. The highest BCUT2D eigenvalue weighted by Crippen LogP contribution is 2.18. The molecule has 0 fully saturated rings. The molecule has 0 N–H and O–H groups in total. The molecule has 0 aromatic heterocycles. The lowest BCUT2D eigenvalue weighted by molar-refractivity contribution is 0.305. The maximum atomic E-state index is 8.75. The number of para-hydroxylation sites is 1. The molecule has 0 radical (unpaired) electrons. The molecule has 0 saturated carbocycles. The molecule has 0 aliphatic carbocycles. The Morgan fingerprint density at radius 2 is 1.80 bits per heavy atom. The predicted octanol–water partition coefficient (Wildman–Crippen LogP) is 3.73. The van der Waals surface area contributed by atoms with E-state index >= 15 is 0 Å². The van der Waals surface area contributed by atoms with Crippen molar-refractivity contribution >= 4 is 11.6 Å². The Hall–Kier alpha value is -2.42. The molecule has 0 heterocycles. The predicted molar refractivity (Wildman–Crippen MR) is 79.5 cm³/mol. The monoisotopic (exact) mass is 281 g/mol. The van der Waals surface area contributed by atoms with Gasteiger partial charge in [-0.3, -0.25) is 0 Å². The lowest BCUT2D eigenvalue weighted by atomic mass is 10.1. The van der Waals surface area contributed by atoms with E-state index in [0.29, 0.717) is 18.1 Å². The number of hydrogen-bond acceptors (Lipinski definition) is 2. The third kappa shape index (κ3) is 3.79. The highest BCUT2D eigenvalue weighted by Gasteiger charge is 2.01. The zero-order valence-electron chi connectivity index (χ0n) is 10.8. The third-order valence-electron chi connectivity index (χ3n) is 2.65. The van der Waals surface area contributed by atoms with E-state index in [9.17, 15) is 0 Å². The van der Waals surface area contributed by atoms with Gasteiger partial charge < -0.3 is 4.74 Å². The van der Waals surface area contributed by atoms with Crippen molar-refractivity contribution in [2.24, 2.45) is 0 Å². The number of rotatable bonds is 3. The molecule has 0 spiro atoms. The van der Waals surface area contributed by atoms with Crippen molar-refractivity contribution in [3.05, 3.63) is 65.2 Å². The maximum absolute atomic E-state index is 8.75. The smallest absolute Gasteiger partial charge is 0.135 e. The first kappa shape index (κ1) is 14.0. The van der Waals surface area contributed by atoms with E-state index in [-0.39, 0.29) is 0 Å². The lowest BCUT2D eigenvalue weighted by Crippen LogP contribution is -1.97. The summed E-state index contributed by atoms with van der Waals surface area (Å²) in [6.45, 7) is 0.436. The lowest BCUT2D eigenvalue weighted by Gasteiger charge is -2.08. The fourth-order valence-electron chi connectivity index (χ4n) is 1.66. The topological polar surface area (TPSA) is 33.0 Å². The molecule has 0 atom stereocenters. The highest BCUT2D eigenvalue weighted by molar-refractivity contribution is 6.19. The van der Waals surface area contributed by atoms with Crippen LogP contribution in [0.5, 0.6) is 5.75 Å². The summed E-state index contributed by atoms with van der Waals surface area (Å²) in [7, 11) is 0. The molecule has 2 aromatic carbocycles. The van der Waals surface area contributed by atoms with Crippen LogP contribution in [0.4, 0.5) is 0 Å². The number of alkyl halides is 1. The zero-order chi connectivity index (χ0) is 14.2. The first-order valence-electron chi connectivity index (χ1n) is 6.09. The Morgan fingerprint density at radius 1 is 1.05 bits per heavy atom. The minimum atomic E-state index is 0.296. The second-order valence-electron chi connectivity index (χ2n) is 4.03. The minimum Gasteiger partial charge on any atom is -0.488 e. The summed E-state index contributed by atoms with van der Waals surface area (Å²) in [6, 6.07) is 17.0. The van der Waals surface area contributed by atoms with Gasteiger partial charge in [0.25, 0.3) is 0 Å². The van der Waals surface area contributed by atoms with Crippen molar-refractivity contribution in [3.63, 3.8) is 0 Å². The molecule has 20 heavy (non-hydrogen) atoms. The van der Waals surface area contributed by atoms with Crippen LogP contribution in [0.25, 0.3) is 0 Å². The number of nitriles is 1. The second kappa shape index (κ2) is 7.24. The van der Waals surface area contributed by atoms with Crippen molar-refractivity contribution in [1.82, 2.24) is 0 Å². The van der Waals surface area contributed by atoms with E-state index in [1.807, 2.05) is 36.4 Å². The molecule has 0 bridgehead atoms. The average molecular weight is 282 g/mol. The Morgan fingerprint density at radius 3 is 2.50 bits per heavy atom. The van der Waals surface area contributed by atoms with Gasteiger partial charge in [-0.15, -0.1) is 11.6 Å². The fraction of sp³-hybridized carbons (Fsp3) is 0.118. The van der Waals surface area contributed by atoms with E-state index in [1.165, 1.54) is 0 Å². The first-order valence-corrected chi connectivity index (χ1v) is 6.62. The molecule has 2 rings (SSSR count). The van der Waals surface area contributed by atoms with Gasteiger partial charge in [-0.2, -0.15) is 5.26 Å². The van der Waals surface area contributed by atoms with Crippen LogP contribution < -0.4 is 4.74 Å². The number of ether oxygens (including phenoxy) is 1. The molecule has 0 amide bonds. The van der Waals surface area contributed by atoms with Gasteiger partial charge in [0.1, 0.15) is 12.4 Å². The van der Waals surface area contributed by atoms with E-state index in [0.717, 1.165) is 16.9 Å². The van der Waals surface area contributed by atoms with Crippen LogP contribution in [-0.4, -0.2) is 5.88 Å². The SMILES string of the molecule is N#Cc1ccc(COc2ccccc2C#CCCl)cc1. The molecule has 3 heteroatoms. The Bertz CT molecular complexity index is 675. The normalized spacial score (nSPS) is 9.20. The third-order valence-corrected chi connectivity index (χ3v) is 2.79. The molecule has 0 aliphatic rings. The molecular formula is C17H12ClNO. The largest absolute Gasteiger partial charge is 0.488 e. The molecular weight excluding hydrogens is 270 g/mol. The molecule has 0 aliphatic heterocycles. The van der Waals surface area contributed by atoms with Crippen LogP contribution in [-0.2, 0) is 6.61 Å². The number of halogens is 1. The van der Waals surface area contributed by atoms with Gasteiger partial charge in [-0.05, 0) is 29.8 Å². The second-order valence-corrected chi connectivity index (χ2v) is 4.30. The Labute approximate surface area is 123 Å². The summed E-state index contributed by atoms with van der Waals surface area (Å²) in [6.07, 6.45) is 0. The average Bonchev–Trinajstić information content (AvgIpc) is 2.52. The van der Waals surface area contributed by atoms with Gasteiger partial charge >= 0.3 is 0 Å². The van der Waals surface area contributed by atoms with Gasteiger partial charge in [0.05, 0.1) is 23.1 Å². The Balaban J connectivity index is 2.08. The van der Waals surface area contributed by atoms with Crippen LogP contribution >= 0.6 is 11.6 Å². The summed E-state index contributed by atoms with van der Waals surface area (Å²) in [5.41, 5.74) is 2.47. The summed E-state index contributed by atoms with van der Waals surface area (Å²) < 4.78 is 5.77. The summed E-state index contributed by atoms with van der Waals surface area (Å²) >= 11 is 5.56. The molecule has 0 unspecified atom stereocenters. The van der Waals surface area contributed by atoms with E-state index < -0.39 is 0 Å². The number of hydrogen-bond donors (Lipinski definition) is 0. The first-order chi connectivity index (χ1) is 9.83. The summed E-state index contributed by atoms with van der Waals surface area (Å²) in [5, 5.41) is 8.75. The van der Waals surface area contributed by atoms with Gasteiger partial charge in [-0.25, -0.2) is 0 Å². The van der Waals surface area contributed by atoms with Crippen molar-refractivity contribution < 1.29 is 4.74 Å². The van der Waals surface area contributed by atoms with Crippen LogP contribution in [0.1, 0.15) is 16.7 Å². The van der Waals surface area contributed by atoms with Crippen LogP contribution in [0.15, 0.2) is 48.5 Å². The maximum Gasteiger partial charge on any atom is 0.135 e. The molecule has 98 valence electrons. The number of benzene rings is 2. The molecule has 2 aromatic rings. The van der Waals surface area contributed by atoms with Crippen LogP contribution in [0.2, 0.25) is 0 Å². The Kier molecular flexibility index (Phi) is 5.07. The number of nitrogens with zero attached hydrogens (tertiary/aromatic N) is 1. The van der Waals surface area contributed by atoms with Gasteiger partial charge in [0, 0.05) is 0 Å². The van der Waals surface area contributed by atoms with Crippen LogP contribution in [0, 0.1) is 23.2 Å². The minimum absolute atomic E-state index is 0.296. The van der Waals surface area contributed by atoms with E-state index in [2.05, 4.69) is 17.9 Å². The zero-order valence-corrected chi connectivity index (χ0v) is 11.5. The van der Waals surface area contributed by atoms with Gasteiger partial charge in [-0.1, -0.05) is 36.1 Å². The van der Waals surface area contributed by atoms with E-state index in [4.69, 9.17) is 21.6 Å². The van der Waals surface area contributed by atoms with Crippen molar-refractivity contribution in [3.8, 4) is 23.7 Å². The van der Waals surface area contributed by atoms with E-state index in [1.54, 1.807) is 12.1 Å². The fourth-order valence-corrected chi connectivity index (χ4v) is 1.73. The molecule has 2 nitrogen and oxygen atoms in total. The van der Waals surface area contributed by atoms with Crippen molar-refractivity contribution in [1.29, 1.82) is 5.26 Å².